The first-order valence-corrected chi connectivity index (χ1v) is 10.5. The second-order valence-electron chi connectivity index (χ2n) is 8.96. The van der Waals surface area contributed by atoms with Crippen molar-refractivity contribution in [3.05, 3.63) is 29.5 Å². The van der Waals surface area contributed by atoms with Crippen molar-refractivity contribution in [2.45, 2.75) is 64.9 Å². The summed E-state index contributed by atoms with van der Waals surface area (Å²) in [5, 5.41) is 5.69. The van der Waals surface area contributed by atoms with Gasteiger partial charge in [0.25, 0.3) is 0 Å². The van der Waals surface area contributed by atoms with Crippen LogP contribution in [0.4, 0.5) is 4.79 Å². The molecule has 1 aromatic carbocycles. The molecular weight excluding hydrogens is 370 g/mol. The first-order valence-electron chi connectivity index (χ1n) is 10.5. The largest absolute Gasteiger partial charge is 0.444 e. The van der Waals surface area contributed by atoms with E-state index in [4.69, 9.17) is 14.2 Å². The molecule has 1 amide bonds. The highest BCUT2D eigenvalue weighted by Crippen LogP contribution is 2.32. The molecule has 2 fully saturated rings. The minimum atomic E-state index is -0.508. The average molecular weight is 402 g/mol. The Morgan fingerprint density at radius 2 is 2.03 bits per heavy atom. The SMILES string of the molecule is Cc1cc2cnn(C3CCCCO3)c2cc1C1CN(C(=O)OC(C)(C)C)CCO1. The zero-order valence-corrected chi connectivity index (χ0v) is 17.8. The molecule has 2 aromatic rings. The van der Waals surface area contributed by atoms with E-state index in [1.54, 1.807) is 4.90 Å². The third kappa shape index (κ3) is 4.41. The molecule has 2 saturated heterocycles. The van der Waals surface area contributed by atoms with E-state index in [2.05, 4.69) is 24.2 Å². The van der Waals surface area contributed by atoms with Crippen LogP contribution in [0.3, 0.4) is 0 Å². The predicted molar refractivity (Wildman–Crippen MR) is 110 cm³/mol. The summed E-state index contributed by atoms with van der Waals surface area (Å²) in [6.07, 6.45) is 4.66. The number of amides is 1. The Morgan fingerprint density at radius 3 is 2.76 bits per heavy atom. The van der Waals surface area contributed by atoms with Gasteiger partial charge < -0.3 is 19.1 Å². The lowest BCUT2D eigenvalue weighted by Gasteiger charge is -2.35. The quantitative estimate of drug-likeness (QED) is 0.748. The molecule has 0 N–H and O–H groups in total. The van der Waals surface area contributed by atoms with Gasteiger partial charge in [0.05, 0.1) is 24.9 Å². The summed E-state index contributed by atoms with van der Waals surface area (Å²) >= 11 is 0. The molecule has 7 heteroatoms. The second kappa shape index (κ2) is 7.95. The number of hydrogen-bond donors (Lipinski definition) is 0. The summed E-state index contributed by atoms with van der Waals surface area (Å²) in [7, 11) is 0. The monoisotopic (exact) mass is 401 g/mol. The molecule has 4 rings (SSSR count). The van der Waals surface area contributed by atoms with Crippen molar-refractivity contribution in [3.8, 4) is 0 Å². The van der Waals surface area contributed by atoms with Gasteiger partial charge >= 0.3 is 6.09 Å². The van der Waals surface area contributed by atoms with Crippen molar-refractivity contribution < 1.29 is 19.0 Å². The van der Waals surface area contributed by atoms with Crippen LogP contribution in [-0.4, -0.2) is 52.7 Å². The molecule has 0 spiro atoms. The molecule has 29 heavy (non-hydrogen) atoms. The van der Waals surface area contributed by atoms with Gasteiger partial charge in [-0.2, -0.15) is 5.10 Å². The second-order valence-corrected chi connectivity index (χ2v) is 8.96. The predicted octanol–water partition coefficient (Wildman–Crippen LogP) is 4.35. The Morgan fingerprint density at radius 1 is 1.21 bits per heavy atom. The molecule has 2 aliphatic rings. The summed E-state index contributed by atoms with van der Waals surface area (Å²) in [6, 6.07) is 4.30. The van der Waals surface area contributed by atoms with Crippen molar-refractivity contribution in [3.63, 3.8) is 0 Å². The lowest BCUT2D eigenvalue weighted by molar-refractivity contribution is -0.0436. The molecule has 2 aliphatic heterocycles. The van der Waals surface area contributed by atoms with E-state index >= 15 is 0 Å². The number of nitrogens with zero attached hydrogens (tertiary/aromatic N) is 3. The Bertz CT molecular complexity index is 880. The third-order valence-electron chi connectivity index (χ3n) is 5.48. The van der Waals surface area contributed by atoms with E-state index in [0.717, 1.165) is 47.9 Å². The fourth-order valence-electron chi connectivity index (χ4n) is 4.05. The Hall–Kier alpha value is -2.12. The highest BCUT2D eigenvalue weighted by atomic mass is 16.6. The van der Waals surface area contributed by atoms with E-state index in [0.29, 0.717) is 19.7 Å². The van der Waals surface area contributed by atoms with E-state index in [1.165, 1.54) is 0 Å². The minimum absolute atomic E-state index is 0.0117. The van der Waals surface area contributed by atoms with Gasteiger partial charge in [-0.05, 0) is 70.2 Å². The Kier molecular flexibility index (Phi) is 5.53. The molecule has 158 valence electrons. The number of ether oxygens (including phenoxy) is 3. The smallest absolute Gasteiger partial charge is 0.410 e. The molecule has 0 aliphatic carbocycles. The van der Waals surface area contributed by atoms with Gasteiger partial charge in [-0.15, -0.1) is 0 Å². The number of carbonyl (C=O) groups excluding carboxylic acids is 1. The topological polar surface area (TPSA) is 65.8 Å². The van der Waals surface area contributed by atoms with Gasteiger partial charge in [0.15, 0.2) is 6.23 Å². The molecular formula is C22H31N3O4. The standard InChI is InChI=1S/C22H31N3O4/c1-15-11-16-13-23-25(20-7-5-6-9-28-20)18(16)12-17(15)19-14-24(8-10-27-19)21(26)29-22(2,3)4/h11-13,19-20H,5-10,14H2,1-4H3. The number of morpholine rings is 1. The van der Waals surface area contributed by atoms with Crippen LogP contribution >= 0.6 is 0 Å². The summed E-state index contributed by atoms with van der Waals surface area (Å²) in [4.78, 5) is 14.3. The lowest BCUT2D eigenvalue weighted by Crippen LogP contribution is -2.44. The van der Waals surface area contributed by atoms with Crippen LogP contribution in [-0.2, 0) is 14.2 Å². The fraction of sp³-hybridized carbons (Fsp3) is 0.636. The number of rotatable bonds is 2. The molecule has 0 radical (unpaired) electrons. The highest BCUT2D eigenvalue weighted by molar-refractivity contribution is 5.80. The van der Waals surface area contributed by atoms with Crippen molar-refractivity contribution in [2.24, 2.45) is 0 Å². The van der Waals surface area contributed by atoms with Crippen molar-refractivity contribution in [1.82, 2.24) is 14.7 Å². The van der Waals surface area contributed by atoms with Gasteiger partial charge in [0.1, 0.15) is 11.7 Å². The number of carbonyl (C=O) groups is 1. The molecule has 2 unspecified atom stereocenters. The van der Waals surface area contributed by atoms with E-state index < -0.39 is 5.60 Å². The van der Waals surface area contributed by atoms with Gasteiger partial charge in [-0.25, -0.2) is 9.48 Å². The average Bonchev–Trinajstić information content (AvgIpc) is 3.09. The number of fused-ring (bicyclic) bond motifs is 1. The summed E-state index contributed by atoms with van der Waals surface area (Å²) < 4.78 is 19.5. The number of aryl methyl sites for hydroxylation is 1. The summed E-state index contributed by atoms with van der Waals surface area (Å²) in [5.74, 6) is 0. The maximum atomic E-state index is 12.5. The molecule has 1 aromatic heterocycles. The fourth-order valence-corrected chi connectivity index (χ4v) is 4.05. The van der Waals surface area contributed by atoms with Gasteiger partial charge in [-0.1, -0.05) is 0 Å². The number of aromatic nitrogens is 2. The van der Waals surface area contributed by atoms with Crippen LogP contribution in [0.25, 0.3) is 10.9 Å². The van der Waals surface area contributed by atoms with E-state index in [-0.39, 0.29) is 18.4 Å². The number of benzene rings is 1. The summed E-state index contributed by atoms with van der Waals surface area (Å²) in [5.41, 5.74) is 2.77. The normalized spacial score (nSPS) is 23.4. The van der Waals surface area contributed by atoms with Crippen LogP contribution < -0.4 is 0 Å². The molecule has 2 atom stereocenters. The highest BCUT2D eigenvalue weighted by Gasteiger charge is 2.30. The first-order chi connectivity index (χ1) is 13.8. The van der Waals surface area contributed by atoms with Gasteiger partial charge in [-0.3, -0.25) is 0 Å². The van der Waals surface area contributed by atoms with Crippen LogP contribution in [0.15, 0.2) is 18.3 Å². The zero-order chi connectivity index (χ0) is 20.6. The van der Waals surface area contributed by atoms with Crippen molar-refractivity contribution in [2.75, 3.05) is 26.3 Å². The van der Waals surface area contributed by atoms with Crippen LogP contribution in [0, 0.1) is 6.92 Å². The maximum absolute atomic E-state index is 12.5. The van der Waals surface area contributed by atoms with Gasteiger partial charge in [0, 0.05) is 18.5 Å². The maximum Gasteiger partial charge on any atom is 0.410 e. The van der Waals surface area contributed by atoms with E-state index in [9.17, 15) is 4.79 Å². The summed E-state index contributed by atoms with van der Waals surface area (Å²) in [6.45, 7) is 10.0. The zero-order valence-electron chi connectivity index (χ0n) is 17.8. The van der Waals surface area contributed by atoms with E-state index in [1.807, 2.05) is 31.6 Å². The van der Waals surface area contributed by atoms with Crippen LogP contribution in [0.1, 0.15) is 63.5 Å². The molecule has 0 saturated carbocycles. The Labute approximate surface area is 171 Å². The molecule has 0 bridgehead atoms. The van der Waals surface area contributed by atoms with Gasteiger partial charge in [0.2, 0.25) is 0 Å². The molecule has 3 heterocycles. The minimum Gasteiger partial charge on any atom is -0.444 e. The third-order valence-corrected chi connectivity index (χ3v) is 5.48. The van der Waals surface area contributed by atoms with Crippen molar-refractivity contribution in [1.29, 1.82) is 0 Å². The van der Waals surface area contributed by atoms with Crippen LogP contribution in [0.2, 0.25) is 0 Å². The van der Waals surface area contributed by atoms with Crippen LogP contribution in [0.5, 0.6) is 0 Å². The molecule has 7 nitrogen and oxygen atoms in total. The Balaban J connectivity index is 1.59. The number of hydrogen-bond acceptors (Lipinski definition) is 5. The first kappa shape index (κ1) is 20.2. The van der Waals surface area contributed by atoms with Crippen molar-refractivity contribution >= 4 is 17.0 Å². The lowest BCUT2D eigenvalue weighted by atomic mass is 10.00.